The molecule has 1 saturated carbocycles. The van der Waals surface area contributed by atoms with Gasteiger partial charge in [-0.3, -0.25) is 4.79 Å². The molecule has 0 bridgehead atoms. The summed E-state index contributed by atoms with van der Waals surface area (Å²) in [5.74, 6) is 0.00477. The van der Waals surface area contributed by atoms with Crippen molar-refractivity contribution in [2.45, 2.75) is 84.2 Å². The zero-order chi connectivity index (χ0) is 23.6. The van der Waals surface area contributed by atoms with E-state index in [4.69, 9.17) is 4.74 Å². The van der Waals surface area contributed by atoms with Gasteiger partial charge in [0.1, 0.15) is 11.6 Å². The molecule has 0 aromatic heterocycles. The average Bonchev–Trinajstić information content (AvgIpc) is 2.71. The highest BCUT2D eigenvalue weighted by atomic mass is 32.2. The Labute approximate surface area is 192 Å². The van der Waals surface area contributed by atoms with Crippen molar-refractivity contribution in [2.75, 3.05) is 23.7 Å². The maximum absolute atomic E-state index is 15.2. The molecule has 0 N–H and O–H groups in total. The Morgan fingerprint density at radius 3 is 2.28 bits per heavy atom. The summed E-state index contributed by atoms with van der Waals surface area (Å²) in [6.07, 6.45) is 3.16. The smallest absolute Gasteiger partial charge is 0.152 e. The quantitative estimate of drug-likeness (QED) is 0.591. The van der Waals surface area contributed by atoms with Crippen LogP contribution in [0.4, 0.5) is 10.1 Å². The van der Waals surface area contributed by atoms with Gasteiger partial charge in [-0.1, -0.05) is 6.07 Å². The first-order chi connectivity index (χ1) is 15.0. The van der Waals surface area contributed by atoms with Crippen LogP contribution in [0, 0.1) is 24.6 Å². The van der Waals surface area contributed by atoms with E-state index in [9.17, 15) is 13.2 Å². The lowest BCUT2D eigenvalue weighted by molar-refractivity contribution is -0.123. The third-order valence-corrected chi connectivity index (χ3v) is 9.42. The van der Waals surface area contributed by atoms with Gasteiger partial charge in [-0.25, -0.2) is 12.8 Å². The number of hydrogen-bond donors (Lipinski definition) is 0. The van der Waals surface area contributed by atoms with Gasteiger partial charge in [0.2, 0.25) is 0 Å². The number of rotatable bonds is 7. The highest BCUT2D eigenvalue weighted by Gasteiger charge is 2.31. The van der Waals surface area contributed by atoms with Gasteiger partial charge in [0.05, 0.1) is 23.2 Å². The van der Waals surface area contributed by atoms with E-state index in [0.717, 1.165) is 31.6 Å². The molecule has 2 aliphatic rings. The van der Waals surface area contributed by atoms with Crippen LogP contribution in [0.25, 0.3) is 0 Å². The fourth-order valence-electron chi connectivity index (χ4n) is 5.09. The molecule has 0 amide bonds. The van der Waals surface area contributed by atoms with E-state index in [1.807, 2.05) is 19.9 Å². The number of hydrogen-bond acceptors (Lipinski definition) is 5. The van der Waals surface area contributed by atoms with Gasteiger partial charge in [-0.2, -0.15) is 0 Å². The summed E-state index contributed by atoms with van der Waals surface area (Å²) in [5, 5.41) is -0.361. The molecule has 2 fully saturated rings. The maximum atomic E-state index is 15.2. The summed E-state index contributed by atoms with van der Waals surface area (Å²) in [4.78, 5) is 15.1. The lowest BCUT2D eigenvalue weighted by atomic mass is 9.79. The standard InChI is InChI=1S/C25H38FNO4S/c1-16(2)32(29,30)15-20-6-8-21(9-7-20)24(28)12-22-10-11-23(19(5)25(22)26)27-13-17(3)31-18(4)14-27/h10-11,16-18,20-21H,6-9,12-15H2,1-5H3/t17-,18+,20?,21?. The summed E-state index contributed by atoms with van der Waals surface area (Å²) in [6.45, 7) is 10.7. The Balaban J connectivity index is 1.61. The SMILES string of the molecule is Cc1c(N2C[C@@H](C)O[C@@H](C)C2)ccc(CC(=O)C2CCC(CS(=O)(=O)C(C)C)CC2)c1F. The second-order valence-corrected chi connectivity index (χ2v) is 12.7. The third-order valence-electron chi connectivity index (χ3n) is 7.05. The first-order valence-corrected chi connectivity index (χ1v) is 13.6. The van der Waals surface area contributed by atoms with E-state index in [-0.39, 0.29) is 53.1 Å². The highest BCUT2D eigenvalue weighted by Crippen LogP contribution is 2.33. The van der Waals surface area contributed by atoms with E-state index >= 15 is 4.39 Å². The van der Waals surface area contributed by atoms with E-state index in [0.29, 0.717) is 24.0 Å². The summed E-state index contributed by atoms with van der Waals surface area (Å²) in [7, 11) is -3.06. The fourth-order valence-corrected chi connectivity index (χ4v) is 6.46. The largest absolute Gasteiger partial charge is 0.372 e. The van der Waals surface area contributed by atoms with Gasteiger partial charge in [-0.05, 0) is 77.8 Å². The molecule has 1 saturated heterocycles. The second kappa shape index (κ2) is 10.2. The van der Waals surface area contributed by atoms with Crippen LogP contribution < -0.4 is 4.90 Å². The number of benzene rings is 1. The molecular formula is C25H38FNO4S. The predicted molar refractivity (Wildman–Crippen MR) is 126 cm³/mol. The van der Waals surface area contributed by atoms with Gasteiger partial charge >= 0.3 is 0 Å². The van der Waals surface area contributed by atoms with Crippen molar-refractivity contribution in [1.29, 1.82) is 0 Å². The number of morpholine rings is 1. The minimum atomic E-state index is -3.06. The van der Waals surface area contributed by atoms with Crippen LogP contribution in [0.1, 0.15) is 64.5 Å². The molecule has 1 aliphatic heterocycles. The molecule has 1 aromatic carbocycles. The zero-order valence-corrected chi connectivity index (χ0v) is 20.9. The summed E-state index contributed by atoms with van der Waals surface area (Å²) >= 11 is 0. The first-order valence-electron chi connectivity index (χ1n) is 11.9. The summed E-state index contributed by atoms with van der Waals surface area (Å²) in [6, 6.07) is 3.68. The lowest BCUT2D eigenvalue weighted by Gasteiger charge is -2.37. The predicted octanol–water partition coefficient (Wildman–Crippen LogP) is 4.49. The lowest BCUT2D eigenvalue weighted by Crippen LogP contribution is -2.45. The van der Waals surface area contributed by atoms with Gasteiger partial charge < -0.3 is 9.64 Å². The van der Waals surface area contributed by atoms with Crippen LogP contribution >= 0.6 is 0 Å². The second-order valence-electron chi connectivity index (χ2n) is 10.1. The van der Waals surface area contributed by atoms with Crippen molar-refractivity contribution >= 4 is 21.3 Å². The minimum absolute atomic E-state index is 0.0647. The third kappa shape index (κ3) is 5.90. The molecular weight excluding hydrogens is 429 g/mol. The molecule has 3 rings (SSSR count). The van der Waals surface area contributed by atoms with Gasteiger partial charge in [0, 0.05) is 36.7 Å². The van der Waals surface area contributed by atoms with Gasteiger partial charge in [-0.15, -0.1) is 0 Å². The van der Waals surface area contributed by atoms with Crippen molar-refractivity contribution in [3.8, 4) is 0 Å². The number of carbonyl (C=O) groups is 1. The molecule has 1 aromatic rings. The molecule has 5 nitrogen and oxygen atoms in total. The minimum Gasteiger partial charge on any atom is -0.372 e. The van der Waals surface area contributed by atoms with Crippen LogP contribution in [0.2, 0.25) is 0 Å². The topological polar surface area (TPSA) is 63.7 Å². The number of halogens is 1. The number of carbonyl (C=O) groups excluding carboxylic acids is 1. The molecule has 0 radical (unpaired) electrons. The molecule has 0 spiro atoms. The van der Waals surface area contributed by atoms with Crippen molar-refractivity contribution in [3.63, 3.8) is 0 Å². The van der Waals surface area contributed by atoms with Crippen LogP contribution in [0.3, 0.4) is 0 Å². The Hall–Kier alpha value is -1.47. The van der Waals surface area contributed by atoms with E-state index in [1.54, 1.807) is 26.8 Å². The monoisotopic (exact) mass is 467 g/mol. The van der Waals surface area contributed by atoms with Crippen LogP contribution in [0.15, 0.2) is 12.1 Å². The molecule has 32 heavy (non-hydrogen) atoms. The van der Waals surface area contributed by atoms with Crippen molar-refractivity contribution in [1.82, 2.24) is 0 Å². The summed E-state index contributed by atoms with van der Waals surface area (Å²) in [5.41, 5.74) is 1.90. The summed E-state index contributed by atoms with van der Waals surface area (Å²) < 4.78 is 45.3. The molecule has 2 atom stereocenters. The Morgan fingerprint density at radius 1 is 1.12 bits per heavy atom. The zero-order valence-electron chi connectivity index (χ0n) is 20.1. The number of Topliss-reactive ketones (excluding diaryl/α,β-unsaturated/α-hetero) is 1. The molecule has 180 valence electrons. The highest BCUT2D eigenvalue weighted by molar-refractivity contribution is 7.91. The molecule has 7 heteroatoms. The molecule has 1 aliphatic carbocycles. The van der Waals surface area contributed by atoms with Gasteiger partial charge in [0.15, 0.2) is 9.84 Å². The number of nitrogens with zero attached hydrogens (tertiary/aromatic N) is 1. The number of ketones is 1. The average molecular weight is 468 g/mol. The van der Waals surface area contributed by atoms with Crippen molar-refractivity contribution in [3.05, 3.63) is 29.1 Å². The van der Waals surface area contributed by atoms with Crippen LogP contribution in [0.5, 0.6) is 0 Å². The van der Waals surface area contributed by atoms with Crippen molar-refractivity contribution in [2.24, 2.45) is 11.8 Å². The van der Waals surface area contributed by atoms with E-state index < -0.39 is 9.84 Å². The van der Waals surface area contributed by atoms with Gasteiger partial charge in [0.25, 0.3) is 0 Å². The first kappa shape index (κ1) is 25.2. The van der Waals surface area contributed by atoms with Crippen LogP contribution in [-0.4, -0.2) is 50.5 Å². The number of sulfone groups is 1. The Kier molecular flexibility index (Phi) is 8.02. The fraction of sp³-hybridized carbons (Fsp3) is 0.720. The number of ether oxygens (including phenoxy) is 1. The Bertz CT molecular complexity index is 912. The Morgan fingerprint density at radius 2 is 1.72 bits per heavy atom. The molecule has 1 heterocycles. The maximum Gasteiger partial charge on any atom is 0.152 e. The van der Waals surface area contributed by atoms with E-state index in [1.165, 1.54) is 0 Å². The molecule has 0 unspecified atom stereocenters. The van der Waals surface area contributed by atoms with Crippen molar-refractivity contribution < 1.29 is 22.3 Å². The van der Waals surface area contributed by atoms with Crippen LogP contribution in [-0.2, 0) is 25.8 Å². The number of anilines is 1. The van der Waals surface area contributed by atoms with E-state index in [2.05, 4.69) is 4.90 Å². The normalized spacial score (nSPS) is 27.0.